The molecule has 3 aromatic rings. The van der Waals surface area contributed by atoms with Crippen LogP contribution in [0.2, 0.25) is 0 Å². The van der Waals surface area contributed by atoms with Crippen LogP contribution in [0.25, 0.3) is 10.2 Å². The normalized spacial score (nSPS) is 23.8. The van der Waals surface area contributed by atoms with E-state index >= 15 is 0 Å². The highest BCUT2D eigenvalue weighted by Crippen LogP contribution is 2.50. The van der Waals surface area contributed by atoms with Crippen molar-refractivity contribution in [2.75, 3.05) is 55.7 Å². The molecule has 2 aliphatic heterocycles. The maximum Gasteiger partial charge on any atom is 0.393 e. The van der Waals surface area contributed by atoms with E-state index in [1.165, 1.54) is 16.9 Å². The molecule has 2 aromatic heterocycles. The number of rotatable bonds is 6. The van der Waals surface area contributed by atoms with E-state index in [0.29, 0.717) is 53.8 Å². The number of carbonyl (C=O) groups is 1. The van der Waals surface area contributed by atoms with Gasteiger partial charge in [-0.25, -0.2) is 18.4 Å². The fourth-order valence-electron chi connectivity index (χ4n) is 6.32. The van der Waals surface area contributed by atoms with Gasteiger partial charge in [0, 0.05) is 61.4 Å². The zero-order valence-electron chi connectivity index (χ0n) is 22.5. The van der Waals surface area contributed by atoms with Crippen molar-refractivity contribution in [2.24, 2.45) is 5.41 Å². The minimum Gasteiger partial charge on any atom is -0.382 e. The lowest BCUT2D eigenvalue weighted by atomic mass is 9.65. The first-order valence-corrected chi connectivity index (χ1v) is 16.2. The van der Waals surface area contributed by atoms with E-state index in [4.69, 9.17) is 0 Å². The largest absolute Gasteiger partial charge is 0.393 e. The second-order valence-electron chi connectivity index (χ2n) is 11.4. The Bertz CT molecular complexity index is 1550. The Hall–Kier alpha value is -2.97. The van der Waals surface area contributed by atoms with Crippen molar-refractivity contribution in [3.8, 4) is 0 Å². The molecule has 41 heavy (non-hydrogen) atoms. The number of fused-ring (bicyclic) bond motifs is 1. The fraction of sp³-hybridized carbons (Fsp3) is 0.519. The number of halogens is 3. The van der Waals surface area contributed by atoms with Gasteiger partial charge in [-0.2, -0.15) is 17.5 Å². The number of sulfonamides is 1. The molecule has 4 heterocycles. The molecule has 1 N–H and O–H groups in total. The number of hydrogen-bond donors (Lipinski definition) is 1. The first kappa shape index (κ1) is 28.2. The molecule has 3 aliphatic rings. The second kappa shape index (κ2) is 10.4. The van der Waals surface area contributed by atoms with Crippen LogP contribution in [-0.2, 0) is 16.4 Å². The second-order valence-corrected chi connectivity index (χ2v) is 14.5. The van der Waals surface area contributed by atoms with Gasteiger partial charge < -0.3 is 15.1 Å². The number of benzene rings is 1. The maximum absolute atomic E-state index is 12.9. The van der Waals surface area contributed by atoms with Crippen LogP contribution >= 0.6 is 11.3 Å². The lowest BCUT2D eigenvalue weighted by Crippen LogP contribution is -2.50. The summed E-state index contributed by atoms with van der Waals surface area (Å²) in [7, 11) is -3.25. The molecule has 1 amide bonds. The lowest BCUT2D eigenvalue weighted by Gasteiger charge is -2.46. The van der Waals surface area contributed by atoms with E-state index in [1.54, 1.807) is 23.1 Å². The molecule has 14 heteroatoms. The van der Waals surface area contributed by atoms with Crippen LogP contribution in [0.15, 0.2) is 36.7 Å². The first-order chi connectivity index (χ1) is 19.4. The number of amides is 1. The average molecular weight is 609 g/mol. The molecular formula is C27H31F3N6O3S2. The average Bonchev–Trinajstić information content (AvgIpc) is 3.51. The minimum absolute atomic E-state index is 0.103. The summed E-state index contributed by atoms with van der Waals surface area (Å²) in [6, 6.07) is 9.28. The molecule has 6 rings (SSSR count). The zero-order valence-corrected chi connectivity index (χ0v) is 24.2. The van der Waals surface area contributed by atoms with Gasteiger partial charge in [-0.05, 0) is 55.0 Å². The number of nitrogens with zero attached hydrogens (tertiary/aromatic N) is 5. The van der Waals surface area contributed by atoms with E-state index in [9.17, 15) is 26.4 Å². The fourth-order valence-corrected chi connectivity index (χ4v) is 8.16. The molecule has 0 unspecified atom stereocenters. The number of thiophene rings is 1. The van der Waals surface area contributed by atoms with Gasteiger partial charge in [0.15, 0.2) is 0 Å². The molecule has 3 fully saturated rings. The summed E-state index contributed by atoms with van der Waals surface area (Å²) in [5, 5.41) is 4.25. The molecule has 1 aliphatic carbocycles. The number of aromatic nitrogens is 2. The summed E-state index contributed by atoms with van der Waals surface area (Å²) in [5.41, 5.74) is 1.65. The van der Waals surface area contributed by atoms with Crippen LogP contribution < -0.4 is 10.2 Å². The van der Waals surface area contributed by atoms with E-state index in [0.717, 1.165) is 49.4 Å². The predicted octanol–water partition coefficient (Wildman–Crippen LogP) is 3.98. The van der Waals surface area contributed by atoms with E-state index < -0.39 is 22.6 Å². The first-order valence-electron chi connectivity index (χ1n) is 13.5. The van der Waals surface area contributed by atoms with Crippen molar-refractivity contribution in [1.82, 2.24) is 19.2 Å². The summed E-state index contributed by atoms with van der Waals surface area (Å²) in [5.74, 6) is 0.610. The standard InChI is InChI=1S/C27H31F3N6O3S2/c1-41(38,39)36-10-8-34(9-11-36)25(37)18-2-4-19(5-3-18)33-20-13-26(14-20)6-7-35(16-26)23-22-12-21(15-27(28,29)30)40-24(22)32-17-31-23/h2-5,12,17,20,33H,6-11,13-16H2,1H3. The van der Waals surface area contributed by atoms with Crippen LogP contribution in [0.5, 0.6) is 0 Å². The molecule has 9 nitrogen and oxygen atoms in total. The lowest BCUT2D eigenvalue weighted by molar-refractivity contribution is -0.126. The molecule has 1 aromatic carbocycles. The van der Waals surface area contributed by atoms with Gasteiger partial charge in [-0.15, -0.1) is 11.3 Å². The van der Waals surface area contributed by atoms with Crippen molar-refractivity contribution in [1.29, 1.82) is 0 Å². The highest BCUT2D eigenvalue weighted by molar-refractivity contribution is 7.88. The van der Waals surface area contributed by atoms with Gasteiger partial charge in [0.05, 0.1) is 18.1 Å². The van der Waals surface area contributed by atoms with Crippen molar-refractivity contribution < 1.29 is 26.4 Å². The summed E-state index contributed by atoms with van der Waals surface area (Å²) < 4.78 is 63.6. The van der Waals surface area contributed by atoms with Crippen LogP contribution in [-0.4, -0.2) is 91.2 Å². The zero-order chi connectivity index (χ0) is 29.0. The smallest absolute Gasteiger partial charge is 0.382 e. The number of alkyl halides is 3. The van der Waals surface area contributed by atoms with Crippen LogP contribution in [0, 0.1) is 5.41 Å². The molecule has 0 atom stereocenters. The third kappa shape index (κ3) is 6.00. The van der Waals surface area contributed by atoms with Crippen molar-refractivity contribution >= 4 is 49.0 Å². The molecule has 0 bridgehead atoms. The Kier molecular flexibility index (Phi) is 7.13. The van der Waals surface area contributed by atoms with Crippen LogP contribution in [0.3, 0.4) is 0 Å². The van der Waals surface area contributed by atoms with Gasteiger partial charge in [0.25, 0.3) is 5.91 Å². The van der Waals surface area contributed by atoms with Gasteiger partial charge in [0.1, 0.15) is 17.0 Å². The van der Waals surface area contributed by atoms with E-state index in [-0.39, 0.29) is 16.2 Å². The van der Waals surface area contributed by atoms with Gasteiger partial charge in [-0.1, -0.05) is 0 Å². The van der Waals surface area contributed by atoms with Crippen LogP contribution in [0.1, 0.15) is 34.5 Å². The third-order valence-corrected chi connectivity index (χ3v) is 10.7. The maximum atomic E-state index is 12.9. The van der Waals surface area contributed by atoms with Crippen LogP contribution in [0.4, 0.5) is 24.7 Å². The Labute approximate surface area is 240 Å². The van der Waals surface area contributed by atoms with E-state index in [1.807, 2.05) is 12.1 Å². The van der Waals surface area contributed by atoms with E-state index in [2.05, 4.69) is 20.2 Å². The van der Waals surface area contributed by atoms with Crippen molar-refractivity contribution in [3.05, 3.63) is 47.1 Å². The monoisotopic (exact) mass is 608 g/mol. The minimum atomic E-state index is -4.26. The molecule has 1 saturated carbocycles. The molecule has 1 spiro atoms. The number of anilines is 2. The quantitative estimate of drug-likeness (QED) is 0.452. The number of hydrogen-bond acceptors (Lipinski definition) is 8. The molecule has 0 radical (unpaired) electrons. The summed E-state index contributed by atoms with van der Waals surface area (Å²) in [6.07, 6.45) is 0.360. The highest BCUT2D eigenvalue weighted by atomic mass is 32.2. The highest BCUT2D eigenvalue weighted by Gasteiger charge is 2.49. The predicted molar refractivity (Wildman–Crippen MR) is 152 cm³/mol. The molecule has 2 saturated heterocycles. The summed E-state index contributed by atoms with van der Waals surface area (Å²) in [6.45, 7) is 2.96. The SMILES string of the molecule is CS(=O)(=O)N1CCN(C(=O)c2ccc(NC3CC4(CCN(c5ncnc6sc(CC(F)(F)F)cc56)C4)C3)cc2)CC1. The molecule has 220 valence electrons. The Morgan fingerprint density at radius 1 is 1.10 bits per heavy atom. The molecular weight excluding hydrogens is 577 g/mol. The van der Waals surface area contributed by atoms with Gasteiger partial charge in [0.2, 0.25) is 10.0 Å². The van der Waals surface area contributed by atoms with Crippen molar-refractivity contribution in [2.45, 2.75) is 37.9 Å². The summed E-state index contributed by atoms with van der Waals surface area (Å²) in [4.78, 5) is 26.2. The van der Waals surface area contributed by atoms with Gasteiger partial charge in [-0.3, -0.25) is 4.79 Å². The Morgan fingerprint density at radius 2 is 1.80 bits per heavy atom. The summed E-state index contributed by atoms with van der Waals surface area (Å²) >= 11 is 1.07. The van der Waals surface area contributed by atoms with Gasteiger partial charge >= 0.3 is 6.18 Å². The van der Waals surface area contributed by atoms with Crippen molar-refractivity contribution in [3.63, 3.8) is 0 Å². The third-order valence-electron chi connectivity index (χ3n) is 8.33. The Balaban J connectivity index is 1.02. The Morgan fingerprint density at radius 3 is 2.46 bits per heavy atom. The number of piperazine rings is 1. The number of nitrogens with one attached hydrogen (secondary N) is 1. The number of carbonyl (C=O) groups excluding carboxylic acids is 1. The topological polar surface area (TPSA) is 98.7 Å².